The zero-order valence-corrected chi connectivity index (χ0v) is 10.8. The number of amides is 1. The van der Waals surface area contributed by atoms with Crippen LogP contribution in [0, 0.1) is 0 Å². The van der Waals surface area contributed by atoms with E-state index in [1.165, 1.54) is 6.07 Å². The topological polar surface area (TPSA) is 112 Å². The maximum atomic E-state index is 11.6. The van der Waals surface area contributed by atoms with Gasteiger partial charge in [-0.3, -0.25) is 4.79 Å². The Labute approximate surface area is 114 Å². The van der Waals surface area contributed by atoms with Crippen LogP contribution in [0.2, 0.25) is 0 Å². The lowest BCUT2D eigenvalue weighted by atomic mass is 10.2. The van der Waals surface area contributed by atoms with E-state index in [4.69, 9.17) is 4.42 Å². The van der Waals surface area contributed by atoms with E-state index in [-0.39, 0.29) is 5.76 Å². The summed E-state index contributed by atoms with van der Waals surface area (Å²) in [4.78, 5) is 11.6. The zero-order valence-electron chi connectivity index (χ0n) is 10.0. The highest BCUT2D eigenvalue weighted by Crippen LogP contribution is 2.11. The van der Waals surface area contributed by atoms with Crippen molar-refractivity contribution in [2.45, 2.75) is 5.09 Å². The summed E-state index contributed by atoms with van der Waals surface area (Å²) in [5, 5.41) is 2.90. The molecule has 1 aromatic heterocycles. The van der Waals surface area contributed by atoms with Gasteiger partial charge in [-0.05, 0) is 24.3 Å². The molecule has 1 heterocycles. The SMILES string of the molecule is O=C(N/N=C/c1ccc(S(=O)(=O)[O-])o1)c1ccccc1. The van der Waals surface area contributed by atoms with Crippen molar-refractivity contribution in [3.63, 3.8) is 0 Å². The van der Waals surface area contributed by atoms with Gasteiger partial charge in [0.15, 0.2) is 10.1 Å². The number of hydrazone groups is 1. The van der Waals surface area contributed by atoms with Gasteiger partial charge >= 0.3 is 0 Å². The third-order valence-electron chi connectivity index (χ3n) is 2.24. The fraction of sp³-hybridized carbons (Fsp3) is 0. The van der Waals surface area contributed by atoms with Gasteiger partial charge in [0.05, 0.1) is 6.21 Å². The second-order valence-corrected chi connectivity index (χ2v) is 4.99. The highest BCUT2D eigenvalue weighted by molar-refractivity contribution is 7.85. The smallest absolute Gasteiger partial charge is 0.271 e. The first-order valence-electron chi connectivity index (χ1n) is 5.41. The molecule has 0 aliphatic heterocycles. The maximum absolute atomic E-state index is 11.6. The Morgan fingerprint density at radius 2 is 1.90 bits per heavy atom. The number of hydrogen-bond donors (Lipinski definition) is 1. The van der Waals surface area contributed by atoms with Gasteiger partial charge in [-0.2, -0.15) is 5.10 Å². The van der Waals surface area contributed by atoms with Crippen LogP contribution in [0.25, 0.3) is 0 Å². The number of benzene rings is 1. The molecule has 0 atom stereocenters. The molecule has 0 bridgehead atoms. The highest BCUT2D eigenvalue weighted by Gasteiger charge is 2.06. The van der Waals surface area contributed by atoms with Gasteiger partial charge in [0.25, 0.3) is 5.91 Å². The molecule has 0 saturated carbocycles. The molecule has 1 amide bonds. The summed E-state index contributed by atoms with van der Waals surface area (Å²) in [5.41, 5.74) is 2.66. The van der Waals surface area contributed by atoms with Gasteiger partial charge in [0.2, 0.25) is 5.09 Å². The monoisotopic (exact) mass is 293 g/mol. The maximum Gasteiger partial charge on any atom is 0.271 e. The molecule has 7 nitrogen and oxygen atoms in total. The van der Waals surface area contributed by atoms with Gasteiger partial charge < -0.3 is 8.97 Å². The minimum absolute atomic E-state index is 0.0350. The molecule has 8 heteroatoms. The number of nitrogens with zero attached hydrogens (tertiary/aromatic N) is 1. The molecule has 1 aromatic carbocycles. The zero-order chi connectivity index (χ0) is 14.6. The number of carbonyl (C=O) groups excluding carboxylic acids is 1. The first-order valence-corrected chi connectivity index (χ1v) is 6.82. The van der Waals surface area contributed by atoms with Crippen LogP contribution in [0.15, 0.2) is 57.1 Å². The van der Waals surface area contributed by atoms with Crippen molar-refractivity contribution in [3.05, 3.63) is 53.8 Å². The van der Waals surface area contributed by atoms with Crippen LogP contribution >= 0.6 is 0 Å². The molecular weight excluding hydrogens is 284 g/mol. The number of rotatable bonds is 4. The third-order valence-corrected chi connectivity index (χ3v) is 2.95. The summed E-state index contributed by atoms with van der Waals surface area (Å²) >= 11 is 0. The molecule has 2 rings (SSSR count). The number of nitrogens with one attached hydrogen (secondary N) is 1. The second kappa shape index (κ2) is 5.68. The summed E-state index contributed by atoms with van der Waals surface area (Å²) in [6, 6.07) is 10.7. The lowest BCUT2D eigenvalue weighted by Gasteiger charge is -2.00. The van der Waals surface area contributed by atoms with E-state index in [2.05, 4.69) is 10.5 Å². The third kappa shape index (κ3) is 3.53. The molecular formula is C12H9N2O5S-. The summed E-state index contributed by atoms with van der Waals surface area (Å²) in [5.74, 6) is -0.391. The number of hydrogen-bond acceptors (Lipinski definition) is 6. The Bertz CT molecular complexity index is 734. The van der Waals surface area contributed by atoms with Crippen molar-refractivity contribution in [3.8, 4) is 0 Å². The molecule has 0 spiro atoms. The Hall–Kier alpha value is -2.45. The van der Waals surface area contributed by atoms with E-state index in [9.17, 15) is 17.8 Å². The van der Waals surface area contributed by atoms with Gasteiger partial charge in [0.1, 0.15) is 5.76 Å². The minimum Gasteiger partial charge on any atom is -0.742 e. The molecule has 104 valence electrons. The number of furan rings is 1. The van der Waals surface area contributed by atoms with Gasteiger partial charge in [0, 0.05) is 5.56 Å². The van der Waals surface area contributed by atoms with Crippen molar-refractivity contribution in [2.75, 3.05) is 0 Å². The molecule has 0 aliphatic carbocycles. The lowest BCUT2D eigenvalue weighted by Crippen LogP contribution is -2.17. The minimum atomic E-state index is -4.63. The van der Waals surface area contributed by atoms with E-state index < -0.39 is 21.1 Å². The van der Waals surface area contributed by atoms with Crippen molar-refractivity contribution in [1.29, 1.82) is 0 Å². The molecule has 0 fully saturated rings. The van der Waals surface area contributed by atoms with Crippen LogP contribution in [0.1, 0.15) is 16.1 Å². The van der Waals surface area contributed by atoms with Crippen LogP contribution in [0.3, 0.4) is 0 Å². The van der Waals surface area contributed by atoms with Crippen molar-refractivity contribution in [1.82, 2.24) is 5.43 Å². The van der Waals surface area contributed by atoms with Crippen LogP contribution in [0.4, 0.5) is 0 Å². The van der Waals surface area contributed by atoms with E-state index >= 15 is 0 Å². The Balaban J connectivity index is 2.01. The average Bonchev–Trinajstić information content (AvgIpc) is 2.88. The quantitative estimate of drug-likeness (QED) is 0.512. The van der Waals surface area contributed by atoms with Crippen LogP contribution < -0.4 is 5.43 Å². The largest absolute Gasteiger partial charge is 0.742 e. The standard InChI is InChI=1S/C12H10N2O5S/c15-12(9-4-2-1-3-5-9)14-13-8-10-6-7-11(19-10)20(16,17)18/h1-8H,(H,14,15)(H,16,17,18)/p-1/b13-8+. The van der Waals surface area contributed by atoms with Crippen molar-refractivity contribution >= 4 is 22.2 Å². The van der Waals surface area contributed by atoms with Gasteiger partial charge in [-0.1, -0.05) is 18.2 Å². The number of carbonyl (C=O) groups is 1. The first-order chi connectivity index (χ1) is 9.47. The second-order valence-electron chi connectivity index (χ2n) is 3.68. The van der Waals surface area contributed by atoms with E-state index in [1.54, 1.807) is 30.3 Å². The molecule has 0 aliphatic rings. The van der Waals surface area contributed by atoms with Crippen LogP contribution in [-0.4, -0.2) is 25.1 Å². The molecule has 20 heavy (non-hydrogen) atoms. The Morgan fingerprint density at radius 1 is 1.20 bits per heavy atom. The molecule has 0 unspecified atom stereocenters. The van der Waals surface area contributed by atoms with Crippen molar-refractivity contribution in [2.24, 2.45) is 5.10 Å². The molecule has 2 aromatic rings. The Morgan fingerprint density at radius 3 is 2.50 bits per heavy atom. The Kier molecular flexibility index (Phi) is 3.97. The predicted molar refractivity (Wildman–Crippen MR) is 68.2 cm³/mol. The summed E-state index contributed by atoms with van der Waals surface area (Å²) in [6.07, 6.45) is 1.09. The summed E-state index contributed by atoms with van der Waals surface area (Å²) in [7, 11) is -4.63. The fourth-order valence-corrected chi connectivity index (χ4v) is 1.78. The van der Waals surface area contributed by atoms with Crippen LogP contribution in [-0.2, 0) is 10.1 Å². The fourth-order valence-electron chi connectivity index (χ4n) is 1.35. The van der Waals surface area contributed by atoms with Crippen molar-refractivity contribution < 1.29 is 22.2 Å². The normalized spacial score (nSPS) is 11.7. The van der Waals surface area contributed by atoms with Gasteiger partial charge in [-0.25, -0.2) is 13.8 Å². The lowest BCUT2D eigenvalue weighted by molar-refractivity contribution is 0.0955. The molecule has 0 saturated heterocycles. The van der Waals surface area contributed by atoms with E-state index in [1.807, 2.05) is 0 Å². The predicted octanol–water partition coefficient (Wildman–Crippen LogP) is 0.948. The van der Waals surface area contributed by atoms with E-state index in [0.717, 1.165) is 12.3 Å². The first kappa shape index (κ1) is 14.0. The summed E-state index contributed by atoms with van der Waals surface area (Å²) < 4.78 is 36.7. The van der Waals surface area contributed by atoms with Gasteiger partial charge in [-0.15, -0.1) is 0 Å². The average molecular weight is 293 g/mol. The van der Waals surface area contributed by atoms with E-state index in [0.29, 0.717) is 5.56 Å². The molecule has 0 radical (unpaired) electrons. The molecule has 1 N–H and O–H groups in total. The summed E-state index contributed by atoms with van der Waals surface area (Å²) in [6.45, 7) is 0. The highest BCUT2D eigenvalue weighted by atomic mass is 32.2. The van der Waals surface area contributed by atoms with Crippen LogP contribution in [0.5, 0.6) is 0 Å².